The smallest absolute Gasteiger partial charge is 0.251 e. The van der Waals surface area contributed by atoms with Gasteiger partial charge < -0.3 is 10.6 Å². The van der Waals surface area contributed by atoms with Crippen LogP contribution in [0.25, 0.3) is 5.69 Å². The Kier molecular flexibility index (Phi) is 4.20. The molecule has 1 aliphatic heterocycles. The number of hydrogen-bond donors (Lipinski definition) is 2. The summed E-state index contributed by atoms with van der Waals surface area (Å²) in [6, 6.07) is 7.26. The van der Waals surface area contributed by atoms with E-state index in [1.165, 1.54) is 17.4 Å². The van der Waals surface area contributed by atoms with Crippen molar-refractivity contribution in [1.82, 2.24) is 30.8 Å². The van der Waals surface area contributed by atoms with Gasteiger partial charge in [0.15, 0.2) is 0 Å². The summed E-state index contributed by atoms with van der Waals surface area (Å²) in [6.07, 6.45) is 3.72. The van der Waals surface area contributed by atoms with Crippen molar-refractivity contribution in [3.05, 3.63) is 36.2 Å². The maximum absolute atomic E-state index is 12.2. The predicted octanol–water partition coefficient (Wildman–Crippen LogP) is 0.392. The summed E-state index contributed by atoms with van der Waals surface area (Å²) in [7, 11) is 0. The van der Waals surface area contributed by atoms with Crippen LogP contribution in [-0.4, -0.2) is 45.7 Å². The van der Waals surface area contributed by atoms with Crippen molar-refractivity contribution in [2.45, 2.75) is 12.8 Å². The third-order valence-electron chi connectivity index (χ3n) is 3.72. The van der Waals surface area contributed by atoms with Crippen LogP contribution in [-0.2, 0) is 0 Å². The number of tetrazole rings is 1. The molecule has 21 heavy (non-hydrogen) atoms. The van der Waals surface area contributed by atoms with Crippen LogP contribution < -0.4 is 10.6 Å². The van der Waals surface area contributed by atoms with E-state index in [0.717, 1.165) is 25.2 Å². The lowest BCUT2D eigenvalue weighted by Gasteiger charge is -2.10. The molecule has 0 radical (unpaired) electrons. The van der Waals surface area contributed by atoms with Gasteiger partial charge in [-0.1, -0.05) is 6.07 Å². The van der Waals surface area contributed by atoms with Gasteiger partial charge in [-0.2, -0.15) is 0 Å². The Hall–Kier alpha value is -2.28. The van der Waals surface area contributed by atoms with Gasteiger partial charge in [-0.15, -0.1) is 5.10 Å². The molecule has 1 amide bonds. The maximum atomic E-state index is 12.2. The first-order valence-electron chi connectivity index (χ1n) is 7.15. The fraction of sp³-hybridized carbons (Fsp3) is 0.429. The van der Waals surface area contributed by atoms with Gasteiger partial charge in [-0.25, -0.2) is 4.68 Å². The predicted molar refractivity (Wildman–Crippen MR) is 77.1 cm³/mol. The highest BCUT2D eigenvalue weighted by Crippen LogP contribution is 2.12. The molecule has 2 aromatic rings. The van der Waals surface area contributed by atoms with Crippen LogP contribution in [0.15, 0.2) is 30.6 Å². The first-order chi connectivity index (χ1) is 10.3. The molecule has 0 aliphatic carbocycles. The quantitative estimate of drug-likeness (QED) is 0.830. The van der Waals surface area contributed by atoms with Crippen molar-refractivity contribution in [1.29, 1.82) is 0 Å². The van der Waals surface area contributed by atoms with E-state index in [2.05, 4.69) is 26.2 Å². The molecule has 0 bridgehead atoms. The van der Waals surface area contributed by atoms with Crippen molar-refractivity contribution in [3.63, 3.8) is 0 Å². The van der Waals surface area contributed by atoms with Crippen molar-refractivity contribution >= 4 is 5.91 Å². The van der Waals surface area contributed by atoms with Gasteiger partial charge >= 0.3 is 0 Å². The summed E-state index contributed by atoms with van der Waals surface area (Å²) >= 11 is 0. The van der Waals surface area contributed by atoms with Crippen LogP contribution in [0.1, 0.15) is 23.2 Å². The highest BCUT2D eigenvalue weighted by Gasteiger charge is 2.14. The maximum Gasteiger partial charge on any atom is 0.251 e. The summed E-state index contributed by atoms with van der Waals surface area (Å²) in [4.78, 5) is 12.2. The van der Waals surface area contributed by atoms with E-state index in [-0.39, 0.29) is 5.91 Å². The van der Waals surface area contributed by atoms with Gasteiger partial charge in [0.25, 0.3) is 5.91 Å². The Labute approximate surface area is 122 Å². The number of aromatic nitrogens is 4. The van der Waals surface area contributed by atoms with E-state index in [4.69, 9.17) is 0 Å². The Morgan fingerprint density at radius 2 is 2.43 bits per heavy atom. The van der Waals surface area contributed by atoms with Crippen molar-refractivity contribution in [2.24, 2.45) is 5.92 Å². The molecule has 1 unspecified atom stereocenters. The van der Waals surface area contributed by atoms with Crippen LogP contribution in [0.3, 0.4) is 0 Å². The molecule has 110 valence electrons. The van der Waals surface area contributed by atoms with E-state index >= 15 is 0 Å². The fourth-order valence-electron chi connectivity index (χ4n) is 2.52. The van der Waals surface area contributed by atoms with Crippen LogP contribution in [0.5, 0.6) is 0 Å². The van der Waals surface area contributed by atoms with Gasteiger partial charge in [0.05, 0.1) is 5.69 Å². The number of nitrogens with zero attached hydrogens (tertiary/aromatic N) is 4. The summed E-state index contributed by atoms with van der Waals surface area (Å²) < 4.78 is 1.53. The summed E-state index contributed by atoms with van der Waals surface area (Å²) in [5.74, 6) is 0.619. The molecule has 1 aliphatic rings. The van der Waals surface area contributed by atoms with E-state index in [1.807, 2.05) is 12.1 Å². The molecular weight excluding hydrogens is 268 g/mol. The fourth-order valence-corrected chi connectivity index (χ4v) is 2.52. The second-order valence-electron chi connectivity index (χ2n) is 5.21. The summed E-state index contributed by atoms with van der Waals surface area (Å²) in [5, 5.41) is 17.3. The minimum atomic E-state index is -0.0594. The second-order valence-corrected chi connectivity index (χ2v) is 5.21. The largest absolute Gasteiger partial charge is 0.352 e. The Bertz CT molecular complexity index is 591. The standard InChI is InChI=1S/C14H18N6O/c21-14(16-7-5-11-4-6-15-9-11)12-2-1-3-13(8-12)20-10-17-18-19-20/h1-3,8,10-11,15H,4-7,9H2,(H,16,21). The average Bonchev–Trinajstić information content (AvgIpc) is 3.21. The average molecular weight is 286 g/mol. The zero-order chi connectivity index (χ0) is 14.5. The van der Waals surface area contributed by atoms with Gasteiger partial charge in [0.2, 0.25) is 0 Å². The number of carbonyl (C=O) groups is 1. The number of nitrogens with one attached hydrogen (secondary N) is 2. The van der Waals surface area contributed by atoms with Gasteiger partial charge in [-0.3, -0.25) is 4.79 Å². The monoisotopic (exact) mass is 286 g/mol. The molecule has 0 saturated carbocycles. The van der Waals surface area contributed by atoms with Crippen LogP contribution in [0, 0.1) is 5.92 Å². The molecule has 1 atom stereocenters. The van der Waals surface area contributed by atoms with Gasteiger partial charge in [0.1, 0.15) is 6.33 Å². The lowest BCUT2D eigenvalue weighted by Crippen LogP contribution is -2.26. The van der Waals surface area contributed by atoms with Crippen LogP contribution >= 0.6 is 0 Å². The second kappa shape index (κ2) is 6.45. The molecule has 1 aromatic carbocycles. The summed E-state index contributed by atoms with van der Waals surface area (Å²) in [6.45, 7) is 2.86. The number of benzene rings is 1. The van der Waals surface area contributed by atoms with E-state index in [1.54, 1.807) is 12.1 Å². The van der Waals surface area contributed by atoms with E-state index < -0.39 is 0 Å². The first-order valence-corrected chi connectivity index (χ1v) is 7.15. The molecule has 1 fully saturated rings. The zero-order valence-electron chi connectivity index (χ0n) is 11.7. The molecule has 7 heteroatoms. The Morgan fingerprint density at radius 1 is 1.48 bits per heavy atom. The minimum Gasteiger partial charge on any atom is -0.352 e. The number of hydrogen-bond acceptors (Lipinski definition) is 5. The molecule has 0 spiro atoms. The highest BCUT2D eigenvalue weighted by atomic mass is 16.1. The van der Waals surface area contributed by atoms with Crippen molar-refractivity contribution in [3.8, 4) is 5.69 Å². The number of carbonyl (C=O) groups excluding carboxylic acids is 1. The van der Waals surface area contributed by atoms with Gasteiger partial charge in [0, 0.05) is 12.1 Å². The summed E-state index contributed by atoms with van der Waals surface area (Å²) in [5.41, 5.74) is 1.39. The molecule has 3 rings (SSSR count). The lowest BCUT2D eigenvalue weighted by atomic mass is 10.1. The van der Waals surface area contributed by atoms with E-state index in [0.29, 0.717) is 18.0 Å². The number of amides is 1. The SMILES string of the molecule is O=C(NCCC1CCNC1)c1cccc(-n2cnnn2)c1. The van der Waals surface area contributed by atoms with E-state index in [9.17, 15) is 4.79 Å². The highest BCUT2D eigenvalue weighted by molar-refractivity contribution is 5.94. The van der Waals surface area contributed by atoms with Crippen LogP contribution in [0.4, 0.5) is 0 Å². The molecule has 7 nitrogen and oxygen atoms in total. The molecule has 1 aromatic heterocycles. The Morgan fingerprint density at radius 3 is 3.19 bits per heavy atom. The molecule has 2 heterocycles. The minimum absolute atomic E-state index is 0.0594. The normalized spacial score (nSPS) is 17.8. The molecule has 1 saturated heterocycles. The lowest BCUT2D eigenvalue weighted by molar-refractivity contribution is 0.0951. The van der Waals surface area contributed by atoms with Crippen molar-refractivity contribution in [2.75, 3.05) is 19.6 Å². The molecular formula is C14H18N6O. The first kappa shape index (κ1) is 13.7. The zero-order valence-corrected chi connectivity index (χ0v) is 11.7. The topological polar surface area (TPSA) is 84.7 Å². The number of rotatable bonds is 5. The third-order valence-corrected chi connectivity index (χ3v) is 3.72. The van der Waals surface area contributed by atoms with Crippen molar-refractivity contribution < 1.29 is 4.79 Å². The molecule has 2 N–H and O–H groups in total. The van der Waals surface area contributed by atoms with Crippen LogP contribution in [0.2, 0.25) is 0 Å². The third kappa shape index (κ3) is 3.43. The Balaban J connectivity index is 1.58. The van der Waals surface area contributed by atoms with Gasteiger partial charge in [-0.05, 0) is 60.5 Å².